The van der Waals surface area contributed by atoms with Crippen molar-refractivity contribution in [3.63, 3.8) is 0 Å². The summed E-state index contributed by atoms with van der Waals surface area (Å²) in [5, 5.41) is 8.02. The number of carbonyl (C=O) groups excluding carboxylic acids is 1. The molecule has 0 spiro atoms. The maximum Gasteiger partial charge on any atom is 0.238 e. The Hall–Kier alpha value is -1.83. The van der Waals surface area contributed by atoms with Gasteiger partial charge in [0.1, 0.15) is 0 Å². The van der Waals surface area contributed by atoms with Crippen LogP contribution in [-0.2, 0) is 14.8 Å². The van der Waals surface area contributed by atoms with Crippen LogP contribution in [0.1, 0.15) is 29.7 Å². The van der Waals surface area contributed by atoms with Gasteiger partial charge in [-0.25, -0.2) is 13.6 Å². The highest BCUT2D eigenvalue weighted by Crippen LogP contribution is 2.22. The van der Waals surface area contributed by atoms with Crippen LogP contribution in [0.2, 0.25) is 0 Å². The maximum atomic E-state index is 12.2. The molecule has 0 saturated carbocycles. The van der Waals surface area contributed by atoms with E-state index in [0.717, 1.165) is 4.90 Å². The molecule has 1 amide bonds. The first-order chi connectivity index (χ1) is 11.7. The summed E-state index contributed by atoms with van der Waals surface area (Å²) in [4.78, 5) is 13.2. The molecule has 2 aromatic rings. The molecule has 0 aliphatic rings. The van der Waals surface area contributed by atoms with Crippen LogP contribution >= 0.6 is 11.8 Å². The first-order valence-corrected chi connectivity index (χ1v) is 10.3. The van der Waals surface area contributed by atoms with E-state index >= 15 is 0 Å². The van der Waals surface area contributed by atoms with Crippen molar-refractivity contribution in [2.24, 2.45) is 5.14 Å². The molecule has 134 valence electrons. The van der Waals surface area contributed by atoms with Gasteiger partial charge in [-0.3, -0.25) is 4.79 Å². The van der Waals surface area contributed by atoms with Crippen LogP contribution in [0.15, 0.2) is 52.3 Å². The number of nitrogens with one attached hydrogen (secondary N) is 1. The molecule has 2 aromatic carbocycles. The first-order valence-electron chi connectivity index (χ1n) is 7.79. The Balaban J connectivity index is 1.97. The largest absolute Gasteiger partial charge is 0.349 e. The highest BCUT2D eigenvalue weighted by atomic mass is 32.2. The molecule has 0 aliphatic heterocycles. The lowest BCUT2D eigenvalue weighted by atomic mass is 10.1. The second kappa shape index (κ2) is 8.03. The fourth-order valence-corrected chi connectivity index (χ4v) is 3.65. The second-order valence-corrected chi connectivity index (χ2v) is 8.55. The summed E-state index contributed by atoms with van der Waals surface area (Å²) in [7, 11) is -3.76. The molecule has 0 aromatic heterocycles. The van der Waals surface area contributed by atoms with Gasteiger partial charge < -0.3 is 5.32 Å². The summed E-state index contributed by atoms with van der Waals surface area (Å²) in [5.74, 6) is 0.179. The Morgan fingerprint density at radius 3 is 2.52 bits per heavy atom. The Bertz CT molecular complexity index is 880. The average Bonchev–Trinajstić information content (AvgIpc) is 2.55. The number of thioether (sulfide) groups is 1. The number of carbonyl (C=O) groups is 1. The fourth-order valence-electron chi connectivity index (χ4n) is 2.28. The lowest BCUT2D eigenvalue weighted by Gasteiger charge is -2.15. The topological polar surface area (TPSA) is 89.3 Å². The molecule has 3 N–H and O–H groups in total. The first kappa shape index (κ1) is 19.5. The number of sulfonamides is 1. The average molecular weight is 379 g/mol. The summed E-state index contributed by atoms with van der Waals surface area (Å²) in [6.45, 7) is 5.90. The summed E-state index contributed by atoms with van der Waals surface area (Å²) in [5.41, 5.74) is 3.10. The van der Waals surface area contributed by atoms with Gasteiger partial charge in [0.2, 0.25) is 15.9 Å². The van der Waals surface area contributed by atoms with Crippen molar-refractivity contribution in [2.45, 2.75) is 36.6 Å². The molecular weight excluding hydrogens is 356 g/mol. The van der Waals surface area contributed by atoms with Gasteiger partial charge in [-0.15, -0.1) is 11.8 Å². The minimum atomic E-state index is -3.76. The van der Waals surface area contributed by atoms with E-state index < -0.39 is 10.0 Å². The van der Waals surface area contributed by atoms with Crippen molar-refractivity contribution in [1.82, 2.24) is 5.32 Å². The number of rotatable bonds is 6. The molecule has 5 nitrogen and oxygen atoms in total. The van der Waals surface area contributed by atoms with Gasteiger partial charge in [0.05, 0.1) is 16.7 Å². The molecule has 2 rings (SSSR count). The predicted octanol–water partition coefficient (Wildman–Crippen LogP) is 2.92. The molecular formula is C18H22N2O3S2. The van der Waals surface area contributed by atoms with Crippen LogP contribution in [0, 0.1) is 13.8 Å². The number of nitrogens with two attached hydrogens (primary N) is 1. The molecule has 25 heavy (non-hydrogen) atoms. The molecule has 0 fully saturated rings. The van der Waals surface area contributed by atoms with Crippen LogP contribution in [-0.4, -0.2) is 20.1 Å². The van der Waals surface area contributed by atoms with Crippen LogP contribution in [0.4, 0.5) is 0 Å². The van der Waals surface area contributed by atoms with Gasteiger partial charge in [0, 0.05) is 4.90 Å². The van der Waals surface area contributed by atoms with Crippen LogP contribution < -0.4 is 10.5 Å². The van der Waals surface area contributed by atoms with Crippen molar-refractivity contribution >= 4 is 27.7 Å². The fraction of sp³-hybridized carbons (Fsp3) is 0.278. The summed E-state index contributed by atoms with van der Waals surface area (Å²) in [6.07, 6.45) is 0. The third-order valence-corrected chi connectivity index (χ3v) is 5.82. The molecule has 1 atom stereocenters. The van der Waals surface area contributed by atoms with Gasteiger partial charge in [-0.05, 0) is 61.7 Å². The Kier molecular flexibility index (Phi) is 6.26. The van der Waals surface area contributed by atoms with Crippen LogP contribution in [0.3, 0.4) is 0 Å². The van der Waals surface area contributed by atoms with E-state index in [2.05, 4.69) is 11.4 Å². The molecule has 0 bridgehead atoms. The third kappa shape index (κ3) is 5.59. The van der Waals surface area contributed by atoms with Crippen molar-refractivity contribution in [3.8, 4) is 0 Å². The summed E-state index contributed by atoms with van der Waals surface area (Å²) in [6, 6.07) is 12.1. The molecule has 0 heterocycles. The number of amides is 1. The lowest BCUT2D eigenvalue weighted by molar-refractivity contribution is -0.119. The quantitative estimate of drug-likeness (QED) is 0.757. The maximum absolute atomic E-state index is 12.2. The highest BCUT2D eigenvalue weighted by Gasteiger charge is 2.13. The van der Waals surface area contributed by atoms with E-state index in [1.165, 1.54) is 35.0 Å². The number of primary sulfonamides is 1. The van der Waals surface area contributed by atoms with Gasteiger partial charge in [0.15, 0.2) is 0 Å². The van der Waals surface area contributed by atoms with E-state index in [-0.39, 0.29) is 16.8 Å². The smallest absolute Gasteiger partial charge is 0.238 e. The molecule has 7 heteroatoms. The Labute approximate surface area is 153 Å². The van der Waals surface area contributed by atoms with E-state index in [1.807, 2.05) is 26.0 Å². The Morgan fingerprint density at radius 1 is 1.16 bits per heavy atom. The standard InChI is InChI=1S/C18H22N2O3S2/c1-12-7-8-16(9-13(12)2)24-11-18(21)20-14(3)15-5-4-6-17(10-15)25(19,22)23/h4-10,14H,11H2,1-3H3,(H,20,21)(H2,19,22,23)/t14-/m0/s1. The molecule has 0 saturated heterocycles. The minimum Gasteiger partial charge on any atom is -0.349 e. The predicted molar refractivity (Wildman–Crippen MR) is 101 cm³/mol. The molecule has 0 radical (unpaired) electrons. The van der Waals surface area contributed by atoms with Crippen LogP contribution in [0.25, 0.3) is 0 Å². The van der Waals surface area contributed by atoms with Crippen molar-refractivity contribution in [1.29, 1.82) is 0 Å². The van der Waals surface area contributed by atoms with Crippen molar-refractivity contribution in [3.05, 3.63) is 59.2 Å². The Morgan fingerprint density at radius 2 is 1.88 bits per heavy atom. The number of aryl methyl sites for hydroxylation is 2. The minimum absolute atomic E-state index is 0.0376. The van der Waals surface area contributed by atoms with Gasteiger partial charge in [-0.2, -0.15) is 0 Å². The molecule has 0 unspecified atom stereocenters. The lowest BCUT2D eigenvalue weighted by Crippen LogP contribution is -2.28. The zero-order valence-corrected chi connectivity index (χ0v) is 16.1. The number of hydrogen-bond donors (Lipinski definition) is 2. The second-order valence-electron chi connectivity index (χ2n) is 5.94. The highest BCUT2D eigenvalue weighted by molar-refractivity contribution is 8.00. The van der Waals surface area contributed by atoms with Crippen molar-refractivity contribution < 1.29 is 13.2 Å². The zero-order chi connectivity index (χ0) is 18.6. The molecule has 0 aliphatic carbocycles. The van der Waals surface area contributed by atoms with E-state index in [4.69, 9.17) is 5.14 Å². The monoisotopic (exact) mass is 378 g/mol. The normalized spacial score (nSPS) is 12.6. The SMILES string of the molecule is Cc1ccc(SCC(=O)N[C@@H](C)c2cccc(S(N)(=O)=O)c2)cc1C. The van der Waals surface area contributed by atoms with E-state index in [1.54, 1.807) is 19.1 Å². The van der Waals surface area contributed by atoms with Crippen molar-refractivity contribution in [2.75, 3.05) is 5.75 Å². The van der Waals surface area contributed by atoms with Gasteiger partial charge >= 0.3 is 0 Å². The van der Waals surface area contributed by atoms with Gasteiger partial charge in [-0.1, -0.05) is 18.2 Å². The van der Waals surface area contributed by atoms with E-state index in [9.17, 15) is 13.2 Å². The van der Waals surface area contributed by atoms with Gasteiger partial charge in [0.25, 0.3) is 0 Å². The number of benzene rings is 2. The van der Waals surface area contributed by atoms with Crippen LogP contribution in [0.5, 0.6) is 0 Å². The third-order valence-electron chi connectivity index (χ3n) is 3.91. The zero-order valence-electron chi connectivity index (χ0n) is 14.4. The number of hydrogen-bond acceptors (Lipinski definition) is 4. The van der Waals surface area contributed by atoms with E-state index in [0.29, 0.717) is 11.3 Å². The summed E-state index contributed by atoms with van der Waals surface area (Å²) >= 11 is 1.47. The summed E-state index contributed by atoms with van der Waals surface area (Å²) < 4.78 is 22.9.